The van der Waals surface area contributed by atoms with Gasteiger partial charge in [0.05, 0.1) is 0 Å². The highest BCUT2D eigenvalue weighted by Crippen LogP contribution is 2.36. The zero-order valence-electron chi connectivity index (χ0n) is 10.5. The number of hydrogen-bond acceptors (Lipinski definition) is 4. The fourth-order valence-corrected chi connectivity index (χ4v) is 2.65. The van der Waals surface area contributed by atoms with Crippen molar-refractivity contribution >= 4 is 5.82 Å². The minimum Gasteiger partial charge on any atom is -0.473 e. The number of hydrogen-bond donors (Lipinski definition) is 1. The summed E-state index contributed by atoms with van der Waals surface area (Å²) in [5.74, 6) is 1.60. The van der Waals surface area contributed by atoms with Crippen molar-refractivity contribution in [1.29, 1.82) is 0 Å². The first-order valence-corrected chi connectivity index (χ1v) is 6.44. The maximum Gasteiger partial charge on any atom is 0.234 e. The molecule has 1 aliphatic carbocycles. The molecule has 1 aromatic heterocycles. The summed E-state index contributed by atoms with van der Waals surface area (Å²) >= 11 is 0. The van der Waals surface area contributed by atoms with Crippen LogP contribution in [0.2, 0.25) is 0 Å². The van der Waals surface area contributed by atoms with Gasteiger partial charge in [0.2, 0.25) is 5.88 Å². The molecule has 0 radical (unpaired) electrons. The minimum absolute atomic E-state index is 0.124. The molecule has 4 heteroatoms. The third-order valence-corrected chi connectivity index (χ3v) is 3.79. The van der Waals surface area contributed by atoms with Crippen LogP contribution in [0.5, 0.6) is 5.88 Å². The first-order valence-electron chi connectivity index (χ1n) is 6.44. The van der Waals surface area contributed by atoms with Crippen LogP contribution < -0.4 is 10.1 Å². The Balaban J connectivity index is 1.83. The summed E-state index contributed by atoms with van der Waals surface area (Å²) in [5.41, 5.74) is 1.35. The third kappa shape index (κ3) is 1.96. The van der Waals surface area contributed by atoms with E-state index in [1.807, 2.05) is 0 Å². The second-order valence-electron chi connectivity index (χ2n) is 5.71. The second-order valence-corrected chi connectivity index (χ2v) is 5.71. The van der Waals surface area contributed by atoms with E-state index in [9.17, 15) is 0 Å². The average Bonchev–Trinajstić information content (AvgIpc) is 2.89. The summed E-state index contributed by atoms with van der Waals surface area (Å²) in [7, 11) is 0. The van der Waals surface area contributed by atoms with Crippen molar-refractivity contribution in [2.45, 2.75) is 51.0 Å². The molecule has 0 aromatic carbocycles. The molecule has 0 atom stereocenters. The van der Waals surface area contributed by atoms with E-state index in [-0.39, 0.29) is 5.41 Å². The Bertz CT molecular complexity index is 425. The van der Waals surface area contributed by atoms with Crippen molar-refractivity contribution < 1.29 is 4.74 Å². The number of anilines is 1. The van der Waals surface area contributed by atoms with Gasteiger partial charge in [0.25, 0.3) is 0 Å². The normalized spacial score (nSPS) is 22.2. The quantitative estimate of drug-likeness (QED) is 0.852. The summed E-state index contributed by atoms with van der Waals surface area (Å²) in [6.45, 7) is 5.35. The van der Waals surface area contributed by atoms with Crippen molar-refractivity contribution in [3.8, 4) is 5.88 Å². The molecule has 17 heavy (non-hydrogen) atoms. The van der Waals surface area contributed by atoms with Crippen molar-refractivity contribution in [3.63, 3.8) is 0 Å². The van der Waals surface area contributed by atoms with E-state index in [2.05, 4.69) is 35.4 Å². The van der Waals surface area contributed by atoms with E-state index in [0.717, 1.165) is 25.2 Å². The van der Waals surface area contributed by atoms with E-state index in [0.29, 0.717) is 12.0 Å². The van der Waals surface area contributed by atoms with Gasteiger partial charge in [-0.15, -0.1) is 10.2 Å². The van der Waals surface area contributed by atoms with Gasteiger partial charge < -0.3 is 10.1 Å². The summed E-state index contributed by atoms with van der Waals surface area (Å²) in [6.07, 6.45) is 5.20. The first-order chi connectivity index (χ1) is 8.15. The van der Waals surface area contributed by atoms with Gasteiger partial charge in [-0.05, 0) is 25.7 Å². The Morgan fingerprint density at radius 3 is 2.82 bits per heavy atom. The first kappa shape index (κ1) is 10.8. The Labute approximate surface area is 102 Å². The molecule has 0 bridgehead atoms. The minimum atomic E-state index is 0.124. The topological polar surface area (TPSA) is 47.0 Å². The van der Waals surface area contributed by atoms with Crippen LogP contribution in [-0.2, 0) is 5.41 Å². The van der Waals surface area contributed by atoms with E-state index in [1.54, 1.807) is 0 Å². The Morgan fingerprint density at radius 1 is 1.29 bits per heavy atom. The van der Waals surface area contributed by atoms with E-state index in [4.69, 9.17) is 4.74 Å². The molecular weight excluding hydrogens is 214 g/mol. The lowest BCUT2D eigenvalue weighted by Crippen LogP contribution is -2.19. The molecule has 92 valence electrons. The second kappa shape index (κ2) is 3.86. The van der Waals surface area contributed by atoms with Crippen LogP contribution in [0.15, 0.2) is 6.07 Å². The Hall–Kier alpha value is -1.32. The lowest BCUT2D eigenvalue weighted by molar-refractivity contribution is 0.199. The summed E-state index contributed by atoms with van der Waals surface area (Å²) < 4.78 is 5.89. The predicted octanol–water partition coefficient (Wildman–Crippen LogP) is 2.50. The molecule has 1 fully saturated rings. The molecule has 0 unspecified atom stereocenters. The van der Waals surface area contributed by atoms with Gasteiger partial charge >= 0.3 is 0 Å². The molecule has 2 aliphatic rings. The largest absolute Gasteiger partial charge is 0.473 e. The summed E-state index contributed by atoms with van der Waals surface area (Å²) in [4.78, 5) is 0. The predicted molar refractivity (Wildman–Crippen MR) is 66.4 cm³/mol. The third-order valence-electron chi connectivity index (χ3n) is 3.79. The van der Waals surface area contributed by atoms with Crippen LogP contribution in [0.4, 0.5) is 5.82 Å². The highest BCUT2D eigenvalue weighted by Gasteiger charge is 2.32. The number of nitrogens with one attached hydrogen (secondary N) is 1. The molecule has 0 saturated heterocycles. The average molecular weight is 233 g/mol. The number of ether oxygens (including phenoxy) is 1. The molecular formula is C13H19N3O. The van der Waals surface area contributed by atoms with Crippen molar-refractivity contribution in [1.82, 2.24) is 10.2 Å². The van der Waals surface area contributed by atoms with Gasteiger partial charge in [-0.25, -0.2) is 0 Å². The smallest absolute Gasteiger partial charge is 0.234 e. The molecule has 4 nitrogen and oxygen atoms in total. The zero-order valence-corrected chi connectivity index (χ0v) is 10.5. The molecule has 1 aromatic rings. The van der Waals surface area contributed by atoms with Crippen molar-refractivity contribution in [3.05, 3.63) is 11.6 Å². The van der Waals surface area contributed by atoms with Crippen LogP contribution in [0.3, 0.4) is 0 Å². The maximum absolute atomic E-state index is 5.89. The van der Waals surface area contributed by atoms with Gasteiger partial charge in [-0.1, -0.05) is 13.8 Å². The van der Waals surface area contributed by atoms with Gasteiger partial charge in [-0.2, -0.15) is 0 Å². The molecule has 1 saturated carbocycles. The molecule has 1 N–H and O–H groups in total. The summed E-state index contributed by atoms with van der Waals surface area (Å²) in [5, 5.41) is 11.6. The standard InChI is InChI=1S/C13H19N3O/c1-13(2)8-14-12-10(13)7-11(15-16-12)17-9-5-3-4-6-9/h7,9H,3-6,8H2,1-2H3,(H,14,16). The lowest BCUT2D eigenvalue weighted by Gasteiger charge is -2.17. The van der Waals surface area contributed by atoms with Crippen LogP contribution in [0.25, 0.3) is 0 Å². The Kier molecular flexibility index (Phi) is 2.45. The van der Waals surface area contributed by atoms with Crippen molar-refractivity contribution in [2.75, 3.05) is 11.9 Å². The van der Waals surface area contributed by atoms with Crippen molar-refractivity contribution in [2.24, 2.45) is 0 Å². The lowest BCUT2D eigenvalue weighted by atomic mass is 9.88. The monoisotopic (exact) mass is 233 g/mol. The molecule has 3 rings (SSSR count). The van der Waals surface area contributed by atoms with Gasteiger partial charge in [0.1, 0.15) is 6.10 Å². The molecule has 2 heterocycles. The maximum atomic E-state index is 5.89. The fraction of sp³-hybridized carbons (Fsp3) is 0.692. The molecule has 0 amide bonds. The number of nitrogens with zero attached hydrogens (tertiary/aromatic N) is 2. The van der Waals surface area contributed by atoms with Crippen LogP contribution in [0, 0.1) is 0 Å². The van der Waals surface area contributed by atoms with E-state index >= 15 is 0 Å². The number of aromatic nitrogens is 2. The van der Waals surface area contributed by atoms with Gasteiger partial charge in [-0.3, -0.25) is 0 Å². The van der Waals surface area contributed by atoms with Crippen LogP contribution >= 0.6 is 0 Å². The SMILES string of the molecule is CC1(C)CNc2nnc(OC3CCCC3)cc21. The highest BCUT2D eigenvalue weighted by molar-refractivity contribution is 5.54. The number of fused-ring (bicyclic) bond motifs is 1. The fourth-order valence-electron chi connectivity index (χ4n) is 2.65. The van der Waals surface area contributed by atoms with Crippen LogP contribution in [0.1, 0.15) is 45.1 Å². The highest BCUT2D eigenvalue weighted by atomic mass is 16.5. The van der Waals surface area contributed by atoms with E-state index in [1.165, 1.54) is 18.4 Å². The number of rotatable bonds is 2. The van der Waals surface area contributed by atoms with E-state index < -0.39 is 0 Å². The van der Waals surface area contributed by atoms with Crippen LogP contribution in [-0.4, -0.2) is 22.8 Å². The molecule has 1 aliphatic heterocycles. The van der Waals surface area contributed by atoms with Gasteiger partial charge in [0, 0.05) is 23.6 Å². The molecule has 0 spiro atoms. The Morgan fingerprint density at radius 2 is 2.06 bits per heavy atom. The van der Waals surface area contributed by atoms with Gasteiger partial charge in [0.15, 0.2) is 5.82 Å². The summed E-state index contributed by atoms with van der Waals surface area (Å²) in [6, 6.07) is 2.06. The zero-order chi connectivity index (χ0) is 11.9.